The number of hydrogen-bond donors (Lipinski definition) is 0. The van der Waals surface area contributed by atoms with Gasteiger partial charge in [-0.15, -0.1) is 0 Å². The Balaban J connectivity index is 2.43. The molecule has 0 unspecified atom stereocenters. The minimum atomic E-state index is -0.425. The SMILES string of the molecule is CCc1cnc(-c2ccccc2)nc1F. The molecule has 1 heterocycles. The number of aryl methyl sites for hydroxylation is 1. The van der Waals surface area contributed by atoms with Gasteiger partial charge in [0.2, 0.25) is 5.95 Å². The molecule has 0 aliphatic heterocycles. The summed E-state index contributed by atoms with van der Waals surface area (Å²) in [5, 5.41) is 0. The molecule has 2 rings (SSSR count). The molecule has 1 aromatic carbocycles. The minimum Gasteiger partial charge on any atom is -0.236 e. The molecule has 0 saturated carbocycles. The van der Waals surface area contributed by atoms with Crippen molar-refractivity contribution in [2.75, 3.05) is 0 Å². The van der Waals surface area contributed by atoms with Gasteiger partial charge >= 0.3 is 0 Å². The molecule has 15 heavy (non-hydrogen) atoms. The van der Waals surface area contributed by atoms with Crippen LogP contribution in [0.2, 0.25) is 0 Å². The van der Waals surface area contributed by atoms with E-state index in [0.717, 1.165) is 5.56 Å². The average Bonchev–Trinajstić information content (AvgIpc) is 2.30. The Bertz CT molecular complexity index is 454. The molecule has 0 amide bonds. The zero-order chi connectivity index (χ0) is 10.7. The Labute approximate surface area is 87.8 Å². The van der Waals surface area contributed by atoms with E-state index in [2.05, 4.69) is 9.97 Å². The summed E-state index contributed by atoms with van der Waals surface area (Å²) in [6.07, 6.45) is 2.16. The smallest absolute Gasteiger partial charge is 0.219 e. The fourth-order valence-electron chi connectivity index (χ4n) is 1.35. The lowest BCUT2D eigenvalue weighted by Gasteiger charge is -2.02. The third-order valence-corrected chi connectivity index (χ3v) is 2.22. The van der Waals surface area contributed by atoms with Gasteiger partial charge in [0, 0.05) is 17.3 Å². The lowest BCUT2D eigenvalue weighted by Crippen LogP contribution is -1.97. The van der Waals surface area contributed by atoms with Crippen LogP contribution in [0.3, 0.4) is 0 Å². The van der Waals surface area contributed by atoms with Gasteiger partial charge in [-0.1, -0.05) is 37.3 Å². The van der Waals surface area contributed by atoms with Gasteiger partial charge < -0.3 is 0 Å². The summed E-state index contributed by atoms with van der Waals surface area (Å²) in [6, 6.07) is 9.38. The zero-order valence-corrected chi connectivity index (χ0v) is 8.44. The second-order valence-electron chi connectivity index (χ2n) is 3.23. The van der Waals surface area contributed by atoms with E-state index < -0.39 is 5.95 Å². The van der Waals surface area contributed by atoms with Crippen molar-refractivity contribution in [3.63, 3.8) is 0 Å². The molecule has 0 spiro atoms. The Morgan fingerprint density at radius 2 is 1.93 bits per heavy atom. The molecule has 0 aliphatic carbocycles. The molecule has 0 N–H and O–H groups in total. The first-order valence-corrected chi connectivity index (χ1v) is 4.88. The van der Waals surface area contributed by atoms with E-state index in [0.29, 0.717) is 17.8 Å². The van der Waals surface area contributed by atoms with Crippen LogP contribution in [0.25, 0.3) is 11.4 Å². The van der Waals surface area contributed by atoms with Crippen molar-refractivity contribution in [1.82, 2.24) is 9.97 Å². The molecular weight excluding hydrogens is 191 g/mol. The first-order chi connectivity index (χ1) is 7.31. The van der Waals surface area contributed by atoms with Gasteiger partial charge in [0.25, 0.3) is 0 Å². The van der Waals surface area contributed by atoms with Crippen molar-refractivity contribution >= 4 is 0 Å². The van der Waals surface area contributed by atoms with E-state index in [1.807, 2.05) is 37.3 Å². The fraction of sp³-hybridized carbons (Fsp3) is 0.167. The van der Waals surface area contributed by atoms with Crippen LogP contribution < -0.4 is 0 Å². The zero-order valence-electron chi connectivity index (χ0n) is 8.44. The number of rotatable bonds is 2. The predicted octanol–water partition coefficient (Wildman–Crippen LogP) is 2.85. The monoisotopic (exact) mass is 202 g/mol. The van der Waals surface area contributed by atoms with E-state index in [1.165, 1.54) is 0 Å². The fourth-order valence-corrected chi connectivity index (χ4v) is 1.35. The van der Waals surface area contributed by atoms with Crippen molar-refractivity contribution in [3.8, 4) is 11.4 Å². The highest BCUT2D eigenvalue weighted by atomic mass is 19.1. The molecule has 0 atom stereocenters. The van der Waals surface area contributed by atoms with Crippen molar-refractivity contribution in [2.45, 2.75) is 13.3 Å². The molecule has 3 heteroatoms. The summed E-state index contributed by atoms with van der Waals surface area (Å²) >= 11 is 0. The van der Waals surface area contributed by atoms with Crippen molar-refractivity contribution in [2.24, 2.45) is 0 Å². The molecule has 0 saturated heterocycles. The van der Waals surface area contributed by atoms with E-state index >= 15 is 0 Å². The molecule has 76 valence electrons. The summed E-state index contributed by atoms with van der Waals surface area (Å²) in [6.45, 7) is 1.88. The molecule has 0 bridgehead atoms. The maximum atomic E-state index is 13.4. The van der Waals surface area contributed by atoms with Crippen LogP contribution in [0.5, 0.6) is 0 Å². The summed E-state index contributed by atoms with van der Waals surface area (Å²) in [4.78, 5) is 7.97. The van der Waals surface area contributed by atoms with Crippen LogP contribution in [0.15, 0.2) is 36.5 Å². The van der Waals surface area contributed by atoms with E-state index in [4.69, 9.17) is 0 Å². The average molecular weight is 202 g/mol. The molecule has 0 aliphatic rings. The number of nitrogens with zero attached hydrogens (tertiary/aromatic N) is 2. The first kappa shape index (κ1) is 9.77. The molecule has 1 aromatic heterocycles. The summed E-state index contributed by atoms with van der Waals surface area (Å²) in [7, 11) is 0. The third kappa shape index (κ3) is 2.01. The standard InChI is InChI=1S/C12H11FN2/c1-2-9-8-14-12(15-11(9)13)10-6-4-3-5-7-10/h3-8H,2H2,1H3. The molecule has 2 nitrogen and oxygen atoms in total. The maximum absolute atomic E-state index is 13.4. The Kier molecular flexibility index (Phi) is 2.72. The first-order valence-electron chi connectivity index (χ1n) is 4.88. The van der Waals surface area contributed by atoms with Crippen molar-refractivity contribution < 1.29 is 4.39 Å². The van der Waals surface area contributed by atoms with Gasteiger partial charge in [0.05, 0.1) is 0 Å². The molecule has 2 aromatic rings. The highest BCUT2D eigenvalue weighted by Crippen LogP contribution is 2.15. The Morgan fingerprint density at radius 1 is 1.20 bits per heavy atom. The summed E-state index contributed by atoms with van der Waals surface area (Å²) in [5.41, 5.74) is 1.38. The van der Waals surface area contributed by atoms with Crippen LogP contribution in [0, 0.1) is 5.95 Å². The Morgan fingerprint density at radius 3 is 2.53 bits per heavy atom. The maximum Gasteiger partial charge on any atom is 0.219 e. The van der Waals surface area contributed by atoms with Crippen LogP contribution >= 0.6 is 0 Å². The number of aromatic nitrogens is 2. The Hall–Kier alpha value is -1.77. The van der Waals surface area contributed by atoms with Gasteiger partial charge in [-0.2, -0.15) is 9.37 Å². The number of benzene rings is 1. The van der Waals surface area contributed by atoms with Gasteiger partial charge in [0.1, 0.15) is 0 Å². The van der Waals surface area contributed by atoms with E-state index in [-0.39, 0.29) is 0 Å². The largest absolute Gasteiger partial charge is 0.236 e. The molecule has 0 radical (unpaired) electrons. The van der Waals surface area contributed by atoms with Crippen molar-refractivity contribution in [1.29, 1.82) is 0 Å². The molecule has 0 fully saturated rings. The second-order valence-corrected chi connectivity index (χ2v) is 3.23. The lowest BCUT2D eigenvalue weighted by molar-refractivity contribution is 0.565. The lowest BCUT2D eigenvalue weighted by atomic mass is 10.2. The van der Waals surface area contributed by atoms with Crippen LogP contribution in [0.1, 0.15) is 12.5 Å². The predicted molar refractivity (Wildman–Crippen MR) is 56.8 cm³/mol. The second kappa shape index (κ2) is 4.17. The van der Waals surface area contributed by atoms with Crippen molar-refractivity contribution in [3.05, 3.63) is 48.0 Å². The quantitative estimate of drug-likeness (QED) is 0.700. The molecular formula is C12H11FN2. The van der Waals surface area contributed by atoms with Gasteiger partial charge in [-0.25, -0.2) is 4.98 Å². The highest BCUT2D eigenvalue weighted by molar-refractivity contribution is 5.54. The summed E-state index contributed by atoms with van der Waals surface area (Å²) < 4.78 is 13.4. The van der Waals surface area contributed by atoms with E-state index in [1.54, 1.807) is 6.20 Å². The topological polar surface area (TPSA) is 25.8 Å². The highest BCUT2D eigenvalue weighted by Gasteiger charge is 2.05. The number of hydrogen-bond acceptors (Lipinski definition) is 2. The summed E-state index contributed by atoms with van der Waals surface area (Å²) in [5.74, 6) is 0.0108. The number of halogens is 1. The van der Waals surface area contributed by atoms with Gasteiger partial charge in [-0.3, -0.25) is 0 Å². The van der Waals surface area contributed by atoms with Gasteiger partial charge in [-0.05, 0) is 6.42 Å². The van der Waals surface area contributed by atoms with Crippen LogP contribution in [-0.4, -0.2) is 9.97 Å². The van der Waals surface area contributed by atoms with E-state index in [9.17, 15) is 4.39 Å². The minimum absolute atomic E-state index is 0.425. The van der Waals surface area contributed by atoms with Crippen LogP contribution in [0.4, 0.5) is 4.39 Å². The third-order valence-electron chi connectivity index (χ3n) is 2.22. The van der Waals surface area contributed by atoms with Crippen LogP contribution in [-0.2, 0) is 6.42 Å². The van der Waals surface area contributed by atoms with Gasteiger partial charge in [0.15, 0.2) is 5.82 Å². The normalized spacial score (nSPS) is 10.3.